The Labute approximate surface area is 118 Å². The maximum atomic E-state index is 9.75. The molecule has 0 saturated heterocycles. The number of aromatic nitrogens is 2. The minimum absolute atomic E-state index is 0.250. The van der Waals surface area contributed by atoms with Crippen LogP contribution in [0.4, 0.5) is 17.3 Å². The summed E-state index contributed by atoms with van der Waals surface area (Å²) in [6.07, 6.45) is 11.7. The lowest BCUT2D eigenvalue weighted by molar-refractivity contribution is -0.671. The summed E-state index contributed by atoms with van der Waals surface area (Å²) in [6, 6.07) is 0. The number of imidazole rings is 1. The molecule has 0 aliphatic heterocycles. The molecule has 0 aliphatic carbocycles. The molecule has 3 nitrogen and oxygen atoms in total. The molecule has 1 rings (SSSR count). The molecule has 20 heavy (non-hydrogen) atoms. The van der Waals surface area contributed by atoms with Crippen LogP contribution in [-0.2, 0) is 13.6 Å². The largest absolute Gasteiger partial charge is 0.673 e. The average Bonchev–Trinajstić information content (AvgIpc) is 2.69. The van der Waals surface area contributed by atoms with Crippen LogP contribution in [0.3, 0.4) is 0 Å². The summed E-state index contributed by atoms with van der Waals surface area (Å²) in [5.41, 5.74) is 0. The van der Waals surface area contributed by atoms with E-state index in [-0.39, 0.29) is 6.61 Å². The molecule has 0 amide bonds. The van der Waals surface area contributed by atoms with Crippen LogP contribution in [0.15, 0.2) is 18.7 Å². The van der Waals surface area contributed by atoms with Gasteiger partial charge in [-0.05, 0) is 19.8 Å². The summed E-state index contributed by atoms with van der Waals surface area (Å²) in [5.74, 6) is 0. The maximum Gasteiger partial charge on any atom is 0.673 e. The number of halogens is 4. The maximum absolute atomic E-state index is 9.75. The second-order valence-corrected chi connectivity index (χ2v) is 4.19. The van der Waals surface area contributed by atoms with Gasteiger partial charge in [-0.15, -0.1) is 0 Å². The third-order valence-corrected chi connectivity index (χ3v) is 2.09. The minimum Gasteiger partial charge on any atom is -0.418 e. The summed E-state index contributed by atoms with van der Waals surface area (Å²) < 4.78 is 43.3. The van der Waals surface area contributed by atoms with Crippen molar-refractivity contribution < 1.29 is 26.9 Å². The van der Waals surface area contributed by atoms with Crippen molar-refractivity contribution in [1.29, 1.82) is 0 Å². The van der Waals surface area contributed by atoms with Crippen molar-refractivity contribution in [1.82, 2.24) is 4.57 Å². The van der Waals surface area contributed by atoms with Crippen molar-refractivity contribution in [3.8, 4) is 0 Å². The van der Waals surface area contributed by atoms with Crippen molar-refractivity contribution in [3.05, 3.63) is 18.7 Å². The van der Waals surface area contributed by atoms with E-state index < -0.39 is 7.25 Å². The number of aryl methyl sites for hydroxylation is 2. The number of hydrogen-bond donors (Lipinski definition) is 1. The van der Waals surface area contributed by atoms with Crippen molar-refractivity contribution in [2.24, 2.45) is 7.05 Å². The standard InChI is InChI=1S/C10H19N2.C2H6O.BF4/c1-3-4-5-6-7-12-9-8-11(2)10-12;1-2-3;2-1(3,4)5/h8-10H,3-7H2,1-2H3;3H,2H2,1H3;/q+1;;-1. The van der Waals surface area contributed by atoms with Crippen LogP contribution in [0.25, 0.3) is 0 Å². The van der Waals surface area contributed by atoms with Crippen LogP contribution in [0.2, 0.25) is 0 Å². The fraction of sp³-hybridized carbons (Fsp3) is 0.750. The molecule has 0 radical (unpaired) electrons. The molecule has 0 bridgehead atoms. The zero-order valence-corrected chi connectivity index (χ0v) is 12.4. The van der Waals surface area contributed by atoms with Crippen LogP contribution < -0.4 is 4.57 Å². The normalized spacial score (nSPS) is 10.2. The Bertz CT molecular complexity index is 313. The van der Waals surface area contributed by atoms with Gasteiger partial charge in [0.15, 0.2) is 0 Å². The Kier molecular flexibility index (Phi) is 13.8. The summed E-state index contributed by atoms with van der Waals surface area (Å²) in [5, 5.41) is 7.57. The van der Waals surface area contributed by atoms with E-state index in [1.807, 2.05) is 0 Å². The third-order valence-electron chi connectivity index (χ3n) is 2.09. The van der Waals surface area contributed by atoms with Gasteiger partial charge in [-0.1, -0.05) is 19.8 Å². The number of aliphatic hydroxyl groups is 1. The second-order valence-electron chi connectivity index (χ2n) is 4.19. The number of rotatable bonds is 5. The molecule has 1 heterocycles. The smallest absolute Gasteiger partial charge is 0.418 e. The molecule has 0 aromatic carbocycles. The minimum atomic E-state index is -6.00. The average molecular weight is 300 g/mol. The quantitative estimate of drug-likeness (QED) is 0.385. The topological polar surface area (TPSA) is 29.0 Å². The van der Waals surface area contributed by atoms with Gasteiger partial charge >= 0.3 is 7.25 Å². The van der Waals surface area contributed by atoms with Crippen molar-refractivity contribution in [3.63, 3.8) is 0 Å². The Morgan fingerprint density at radius 3 is 1.95 bits per heavy atom. The highest BCUT2D eigenvalue weighted by Crippen LogP contribution is 2.06. The zero-order chi connectivity index (χ0) is 16.0. The summed E-state index contributed by atoms with van der Waals surface area (Å²) >= 11 is 0. The Morgan fingerprint density at radius 2 is 1.60 bits per heavy atom. The number of aliphatic hydroxyl groups excluding tert-OH is 1. The fourth-order valence-corrected chi connectivity index (χ4v) is 1.36. The van der Waals surface area contributed by atoms with Gasteiger partial charge in [-0.2, -0.15) is 0 Å². The van der Waals surface area contributed by atoms with Crippen LogP contribution in [0.5, 0.6) is 0 Å². The van der Waals surface area contributed by atoms with Crippen LogP contribution in [-0.4, -0.2) is 23.5 Å². The van der Waals surface area contributed by atoms with E-state index in [2.05, 4.69) is 41.8 Å². The monoisotopic (exact) mass is 300 g/mol. The van der Waals surface area contributed by atoms with E-state index in [4.69, 9.17) is 5.11 Å². The SMILES string of the molecule is CCCCCCn1cc[n+](C)c1.CCO.F[B-](F)(F)F. The Balaban J connectivity index is 0. The Morgan fingerprint density at radius 1 is 1.10 bits per heavy atom. The van der Waals surface area contributed by atoms with E-state index in [1.165, 1.54) is 32.2 Å². The molecule has 0 spiro atoms. The first kappa shape index (κ1) is 21.3. The molecule has 8 heteroatoms. The summed E-state index contributed by atoms with van der Waals surface area (Å²) in [7, 11) is -3.94. The first-order valence-corrected chi connectivity index (χ1v) is 6.73. The molecule has 0 fully saturated rings. The molecule has 1 aromatic heterocycles. The third kappa shape index (κ3) is 22.2. The Hall–Kier alpha value is -1.05. The lowest BCUT2D eigenvalue weighted by Gasteiger charge is -1.95. The predicted octanol–water partition coefficient (Wildman–Crippen LogP) is 3.19. The number of hydrogen-bond acceptors (Lipinski definition) is 1. The summed E-state index contributed by atoms with van der Waals surface area (Å²) in [4.78, 5) is 0. The van der Waals surface area contributed by atoms with Crippen LogP contribution in [0.1, 0.15) is 39.5 Å². The van der Waals surface area contributed by atoms with Gasteiger partial charge in [0.25, 0.3) is 0 Å². The summed E-state index contributed by atoms with van der Waals surface area (Å²) in [6.45, 7) is 5.34. The van der Waals surface area contributed by atoms with Crippen LogP contribution in [0, 0.1) is 0 Å². The van der Waals surface area contributed by atoms with Crippen molar-refractivity contribution in [2.45, 2.75) is 46.1 Å². The van der Waals surface area contributed by atoms with Gasteiger partial charge in [0.2, 0.25) is 6.33 Å². The van der Waals surface area contributed by atoms with Gasteiger partial charge in [-0.25, -0.2) is 9.13 Å². The van der Waals surface area contributed by atoms with Gasteiger partial charge < -0.3 is 22.4 Å². The van der Waals surface area contributed by atoms with E-state index >= 15 is 0 Å². The van der Waals surface area contributed by atoms with E-state index in [1.54, 1.807) is 6.92 Å². The molecule has 1 aromatic rings. The number of nitrogens with zero attached hydrogens (tertiary/aromatic N) is 2. The molecular formula is C12H25BF4N2O. The molecule has 1 N–H and O–H groups in total. The number of unbranched alkanes of at least 4 members (excludes halogenated alkanes) is 3. The van der Waals surface area contributed by atoms with E-state index in [9.17, 15) is 17.3 Å². The molecule has 0 aliphatic rings. The van der Waals surface area contributed by atoms with Gasteiger partial charge in [0.05, 0.1) is 13.6 Å². The first-order chi connectivity index (χ1) is 9.24. The highest BCUT2D eigenvalue weighted by Gasteiger charge is 2.20. The van der Waals surface area contributed by atoms with Gasteiger partial charge in [0.1, 0.15) is 12.4 Å². The van der Waals surface area contributed by atoms with E-state index in [0.29, 0.717) is 0 Å². The first-order valence-electron chi connectivity index (χ1n) is 6.73. The molecular weight excluding hydrogens is 275 g/mol. The highest BCUT2D eigenvalue weighted by atomic mass is 19.5. The van der Waals surface area contributed by atoms with Crippen molar-refractivity contribution in [2.75, 3.05) is 6.61 Å². The van der Waals surface area contributed by atoms with Gasteiger partial charge in [-0.3, -0.25) is 0 Å². The predicted molar refractivity (Wildman–Crippen MR) is 72.7 cm³/mol. The highest BCUT2D eigenvalue weighted by molar-refractivity contribution is 6.50. The molecule has 0 unspecified atom stereocenters. The lowest BCUT2D eigenvalue weighted by atomic mass is 10.2. The lowest BCUT2D eigenvalue weighted by Crippen LogP contribution is -2.23. The molecule has 0 saturated carbocycles. The molecule has 120 valence electrons. The van der Waals surface area contributed by atoms with E-state index in [0.717, 1.165) is 0 Å². The second kappa shape index (κ2) is 13.0. The van der Waals surface area contributed by atoms with Crippen molar-refractivity contribution >= 4 is 7.25 Å². The fourth-order valence-electron chi connectivity index (χ4n) is 1.36. The van der Waals surface area contributed by atoms with Crippen LogP contribution >= 0.6 is 0 Å². The zero-order valence-electron chi connectivity index (χ0n) is 12.4. The van der Waals surface area contributed by atoms with Gasteiger partial charge in [0, 0.05) is 6.61 Å². The molecule has 0 atom stereocenters.